The number of ketones is 1. The average molecular weight is 233 g/mol. The number of likely N-dealkylation sites (tertiary alicyclic amines) is 1. The average Bonchev–Trinajstić information content (AvgIpc) is 2.33. The summed E-state index contributed by atoms with van der Waals surface area (Å²) in [6, 6.07) is 0. The summed E-state index contributed by atoms with van der Waals surface area (Å²) in [6.45, 7) is 4.64. The molecule has 0 aromatic carbocycles. The minimum absolute atomic E-state index is 0.0777. The van der Waals surface area contributed by atoms with Gasteiger partial charge < -0.3 is 4.90 Å². The second-order valence-corrected chi connectivity index (χ2v) is 4.41. The van der Waals surface area contributed by atoms with Gasteiger partial charge in [-0.2, -0.15) is 0 Å². The van der Waals surface area contributed by atoms with Crippen molar-refractivity contribution < 1.29 is 9.59 Å². The monoisotopic (exact) mass is 233 g/mol. The summed E-state index contributed by atoms with van der Waals surface area (Å²) in [6.07, 6.45) is 3.50. The second-order valence-electron chi connectivity index (χ2n) is 4.41. The van der Waals surface area contributed by atoms with Crippen LogP contribution in [0.15, 0.2) is 12.4 Å². The number of hydrogen-bond acceptors (Lipinski definition) is 4. The maximum absolute atomic E-state index is 12.1. The molecule has 17 heavy (non-hydrogen) atoms. The van der Waals surface area contributed by atoms with E-state index >= 15 is 0 Å². The molecule has 0 N–H and O–H groups in total. The van der Waals surface area contributed by atoms with Crippen LogP contribution in [0.3, 0.4) is 0 Å². The third-order valence-electron chi connectivity index (χ3n) is 2.96. The Morgan fingerprint density at radius 1 is 1.41 bits per heavy atom. The summed E-state index contributed by atoms with van der Waals surface area (Å²) in [5, 5.41) is 0. The van der Waals surface area contributed by atoms with E-state index in [-0.39, 0.29) is 17.6 Å². The van der Waals surface area contributed by atoms with E-state index in [0.29, 0.717) is 25.2 Å². The fourth-order valence-corrected chi connectivity index (χ4v) is 1.86. The Morgan fingerprint density at radius 3 is 2.76 bits per heavy atom. The molecule has 0 spiro atoms. The third kappa shape index (κ3) is 2.49. The lowest BCUT2D eigenvalue weighted by Crippen LogP contribution is -2.43. The molecule has 1 unspecified atom stereocenters. The molecule has 1 aliphatic rings. The van der Waals surface area contributed by atoms with Gasteiger partial charge in [0.05, 0.1) is 11.9 Å². The summed E-state index contributed by atoms with van der Waals surface area (Å²) < 4.78 is 0. The zero-order valence-electron chi connectivity index (χ0n) is 10.0. The number of Topliss-reactive ketones (excluding diaryl/α,β-unsaturated/α-hetero) is 1. The zero-order valence-corrected chi connectivity index (χ0v) is 10.0. The number of aromatic nitrogens is 2. The molecule has 90 valence electrons. The van der Waals surface area contributed by atoms with Gasteiger partial charge in [0.1, 0.15) is 11.5 Å². The number of carbonyl (C=O) groups excluding carboxylic acids is 2. The molecule has 0 aliphatic carbocycles. The van der Waals surface area contributed by atoms with Crippen molar-refractivity contribution in [2.45, 2.75) is 20.3 Å². The van der Waals surface area contributed by atoms with Crippen molar-refractivity contribution in [2.75, 3.05) is 13.1 Å². The molecule has 0 saturated carbocycles. The summed E-state index contributed by atoms with van der Waals surface area (Å²) >= 11 is 0. The first-order valence-electron chi connectivity index (χ1n) is 5.68. The van der Waals surface area contributed by atoms with E-state index in [9.17, 15) is 9.59 Å². The Balaban J connectivity index is 2.10. The van der Waals surface area contributed by atoms with E-state index in [4.69, 9.17) is 0 Å². The molecule has 1 aromatic rings. The van der Waals surface area contributed by atoms with Crippen LogP contribution in [0.4, 0.5) is 0 Å². The minimum atomic E-state index is -0.142. The summed E-state index contributed by atoms with van der Waals surface area (Å²) in [5.74, 6) is 0.00648. The number of piperidine rings is 1. The summed E-state index contributed by atoms with van der Waals surface area (Å²) in [4.78, 5) is 33.2. The van der Waals surface area contributed by atoms with Gasteiger partial charge in [0.15, 0.2) is 0 Å². The van der Waals surface area contributed by atoms with Gasteiger partial charge in [0.2, 0.25) is 0 Å². The normalized spacial score (nSPS) is 20.5. The van der Waals surface area contributed by atoms with E-state index < -0.39 is 0 Å². The van der Waals surface area contributed by atoms with Crippen molar-refractivity contribution in [3.63, 3.8) is 0 Å². The van der Waals surface area contributed by atoms with Crippen LogP contribution >= 0.6 is 0 Å². The van der Waals surface area contributed by atoms with Crippen LogP contribution in [-0.4, -0.2) is 39.6 Å². The maximum Gasteiger partial charge on any atom is 0.274 e. The van der Waals surface area contributed by atoms with Gasteiger partial charge in [0, 0.05) is 31.6 Å². The molecule has 2 heterocycles. The van der Waals surface area contributed by atoms with E-state index in [2.05, 4.69) is 9.97 Å². The Hall–Kier alpha value is -1.78. The zero-order chi connectivity index (χ0) is 12.4. The van der Waals surface area contributed by atoms with Crippen molar-refractivity contribution in [1.29, 1.82) is 0 Å². The topological polar surface area (TPSA) is 63.2 Å². The number of rotatable bonds is 1. The Labute approximate surface area is 99.9 Å². The van der Waals surface area contributed by atoms with E-state index in [1.807, 2.05) is 13.8 Å². The molecule has 5 heteroatoms. The van der Waals surface area contributed by atoms with Crippen LogP contribution in [0.1, 0.15) is 29.5 Å². The van der Waals surface area contributed by atoms with Crippen LogP contribution in [0.25, 0.3) is 0 Å². The lowest BCUT2D eigenvalue weighted by Gasteiger charge is -2.29. The fraction of sp³-hybridized carbons (Fsp3) is 0.500. The lowest BCUT2D eigenvalue weighted by atomic mass is 9.98. The van der Waals surface area contributed by atoms with Gasteiger partial charge in [0.25, 0.3) is 5.91 Å². The maximum atomic E-state index is 12.1. The quantitative estimate of drug-likeness (QED) is 0.721. The third-order valence-corrected chi connectivity index (χ3v) is 2.96. The Morgan fingerprint density at radius 2 is 2.18 bits per heavy atom. The molecule has 5 nitrogen and oxygen atoms in total. The SMILES string of the molecule is Cc1cnc(C(=O)N2CCC(=O)C(C)C2)cn1. The molecule has 1 amide bonds. The van der Waals surface area contributed by atoms with Crippen molar-refractivity contribution in [1.82, 2.24) is 14.9 Å². The highest BCUT2D eigenvalue weighted by atomic mass is 16.2. The first kappa shape index (κ1) is 11.7. The van der Waals surface area contributed by atoms with Crippen LogP contribution in [0, 0.1) is 12.8 Å². The van der Waals surface area contributed by atoms with E-state index in [1.54, 1.807) is 11.1 Å². The molecule has 1 aliphatic heterocycles. The molecule has 0 bridgehead atoms. The van der Waals surface area contributed by atoms with Crippen molar-refractivity contribution in [3.05, 3.63) is 23.8 Å². The highest BCUT2D eigenvalue weighted by molar-refractivity contribution is 5.93. The largest absolute Gasteiger partial charge is 0.336 e. The molecular weight excluding hydrogens is 218 g/mol. The smallest absolute Gasteiger partial charge is 0.274 e. The molecule has 1 atom stereocenters. The predicted molar refractivity (Wildman–Crippen MR) is 61.5 cm³/mol. The highest BCUT2D eigenvalue weighted by Crippen LogP contribution is 2.14. The van der Waals surface area contributed by atoms with E-state index in [1.165, 1.54) is 6.20 Å². The van der Waals surface area contributed by atoms with Crippen molar-refractivity contribution in [2.24, 2.45) is 5.92 Å². The molecular formula is C12H15N3O2. The molecule has 0 radical (unpaired) electrons. The second kappa shape index (κ2) is 4.61. The standard InChI is InChI=1S/C12H15N3O2/c1-8-7-15(4-3-11(8)16)12(17)10-6-13-9(2)5-14-10/h5-6,8H,3-4,7H2,1-2H3. The van der Waals surface area contributed by atoms with Crippen molar-refractivity contribution >= 4 is 11.7 Å². The fourth-order valence-electron chi connectivity index (χ4n) is 1.86. The van der Waals surface area contributed by atoms with Crippen LogP contribution in [0.2, 0.25) is 0 Å². The van der Waals surface area contributed by atoms with Gasteiger partial charge in [-0.1, -0.05) is 6.92 Å². The summed E-state index contributed by atoms with van der Waals surface area (Å²) in [7, 11) is 0. The number of amides is 1. The molecule has 1 aromatic heterocycles. The van der Waals surface area contributed by atoms with Gasteiger partial charge >= 0.3 is 0 Å². The first-order chi connectivity index (χ1) is 8.08. The number of nitrogens with zero attached hydrogens (tertiary/aromatic N) is 3. The van der Waals surface area contributed by atoms with E-state index in [0.717, 1.165) is 5.69 Å². The number of carbonyl (C=O) groups is 2. The Bertz CT molecular complexity index is 442. The Kier molecular flexibility index (Phi) is 3.17. The molecule has 1 saturated heterocycles. The number of aryl methyl sites for hydroxylation is 1. The van der Waals surface area contributed by atoms with Gasteiger partial charge in [-0.3, -0.25) is 14.6 Å². The van der Waals surface area contributed by atoms with Gasteiger partial charge in [-0.05, 0) is 6.92 Å². The van der Waals surface area contributed by atoms with Crippen LogP contribution in [0.5, 0.6) is 0 Å². The van der Waals surface area contributed by atoms with Crippen molar-refractivity contribution in [3.8, 4) is 0 Å². The van der Waals surface area contributed by atoms with Crippen LogP contribution in [-0.2, 0) is 4.79 Å². The lowest BCUT2D eigenvalue weighted by molar-refractivity contribution is -0.124. The summed E-state index contributed by atoms with van der Waals surface area (Å²) in [5.41, 5.74) is 1.13. The predicted octanol–water partition coefficient (Wildman–Crippen LogP) is 0.836. The number of hydrogen-bond donors (Lipinski definition) is 0. The van der Waals surface area contributed by atoms with Gasteiger partial charge in [-0.25, -0.2) is 4.98 Å². The van der Waals surface area contributed by atoms with Gasteiger partial charge in [-0.15, -0.1) is 0 Å². The van der Waals surface area contributed by atoms with Crippen LogP contribution < -0.4 is 0 Å². The molecule has 1 fully saturated rings. The first-order valence-corrected chi connectivity index (χ1v) is 5.68. The highest BCUT2D eigenvalue weighted by Gasteiger charge is 2.27. The molecule has 2 rings (SSSR count). The minimum Gasteiger partial charge on any atom is -0.336 e.